The average Bonchev–Trinajstić information content (AvgIpc) is 3.22. The first-order chi connectivity index (χ1) is 13.1. The Morgan fingerprint density at radius 3 is 2.19 bits per heavy atom. The van der Waals surface area contributed by atoms with Gasteiger partial charge in [0.1, 0.15) is 11.4 Å². The van der Waals surface area contributed by atoms with Gasteiger partial charge in [-0.05, 0) is 68.1 Å². The maximum Gasteiger partial charge on any atom is 0.263 e. The molecule has 27 heavy (non-hydrogen) atoms. The molecule has 2 N–H and O–H groups in total. The minimum absolute atomic E-state index is 0.0613. The summed E-state index contributed by atoms with van der Waals surface area (Å²) >= 11 is 0. The van der Waals surface area contributed by atoms with Crippen LogP contribution in [-0.2, 0) is 5.41 Å². The summed E-state index contributed by atoms with van der Waals surface area (Å²) in [4.78, 5) is 35.3. The first kappa shape index (κ1) is 16.3. The Kier molecular flexibility index (Phi) is 3.41. The molecule has 2 saturated heterocycles. The molecule has 1 aromatic rings. The minimum atomic E-state index is -0.240. The molecule has 0 unspecified atom stereocenters. The smallest absolute Gasteiger partial charge is 0.263 e. The number of hydrogen-bond acceptors (Lipinski definition) is 4. The van der Waals surface area contributed by atoms with Crippen LogP contribution in [0, 0.1) is 29.6 Å². The zero-order valence-corrected chi connectivity index (χ0v) is 15.7. The van der Waals surface area contributed by atoms with Crippen LogP contribution in [0.4, 0.5) is 0 Å². The molecule has 1 aromatic heterocycles. The van der Waals surface area contributed by atoms with Crippen LogP contribution in [0.1, 0.15) is 54.7 Å². The molecule has 6 aliphatic rings. The SMILES string of the molecule is O=C(c1cnc(C23CC4CC(CC(C4)C2)C3)[nH]c1=O)N1C[C@H]2CNC[C@H]2C1. The predicted molar refractivity (Wildman–Crippen MR) is 100 cm³/mol. The largest absolute Gasteiger partial charge is 0.338 e. The number of carbonyl (C=O) groups is 1. The van der Waals surface area contributed by atoms with Gasteiger partial charge in [0, 0.05) is 37.8 Å². The van der Waals surface area contributed by atoms with Crippen LogP contribution in [0.3, 0.4) is 0 Å². The number of fused-ring (bicyclic) bond motifs is 1. The van der Waals surface area contributed by atoms with Crippen molar-refractivity contribution in [1.29, 1.82) is 0 Å². The minimum Gasteiger partial charge on any atom is -0.338 e. The van der Waals surface area contributed by atoms with Crippen molar-refractivity contribution in [2.75, 3.05) is 26.2 Å². The average molecular weight is 368 g/mol. The molecule has 4 aliphatic carbocycles. The molecule has 6 heteroatoms. The number of likely N-dealkylation sites (tertiary alicyclic amines) is 1. The van der Waals surface area contributed by atoms with Crippen molar-refractivity contribution >= 4 is 5.91 Å². The summed E-state index contributed by atoms with van der Waals surface area (Å²) in [6.07, 6.45) is 9.17. The van der Waals surface area contributed by atoms with Crippen molar-refractivity contribution in [3.05, 3.63) is 27.9 Å². The number of H-pyrrole nitrogens is 1. The molecule has 4 bridgehead atoms. The summed E-state index contributed by atoms with van der Waals surface area (Å²) in [5, 5.41) is 3.39. The molecule has 0 spiro atoms. The van der Waals surface area contributed by atoms with E-state index in [9.17, 15) is 9.59 Å². The zero-order valence-electron chi connectivity index (χ0n) is 15.7. The Balaban J connectivity index is 1.27. The molecule has 4 saturated carbocycles. The second-order valence-corrected chi connectivity index (χ2v) is 10.1. The highest BCUT2D eigenvalue weighted by Gasteiger charge is 2.53. The van der Waals surface area contributed by atoms with Gasteiger partial charge in [0.15, 0.2) is 0 Å². The molecule has 3 heterocycles. The topological polar surface area (TPSA) is 78.1 Å². The fraction of sp³-hybridized carbons (Fsp3) is 0.762. The number of aromatic amines is 1. The fourth-order valence-corrected chi connectivity index (χ4v) is 7.41. The molecule has 0 radical (unpaired) electrons. The third-order valence-electron chi connectivity index (χ3n) is 8.25. The third-order valence-corrected chi connectivity index (χ3v) is 8.25. The highest BCUT2D eigenvalue weighted by Crippen LogP contribution is 2.59. The number of nitrogens with zero attached hydrogens (tertiary/aromatic N) is 2. The highest BCUT2D eigenvalue weighted by atomic mass is 16.2. The van der Waals surface area contributed by atoms with Gasteiger partial charge < -0.3 is 15.2 Å². The lowest BCUT2D eigenvalue weighted by Gasteiger charge is -2.56. The Hall–Kier alpha value is -1.69. The summed E-state index contributed by atoms with van der Waals surface area (Å²) in [5.74, 6) is 4.20. The van der Waals surface area contributed by atoms with Crippen molar-refractivity contribution in [3.8, 4) is 0 Å². The Bertz CT molecular complexity index is 800. The number of rotatable bonds is 2. The van der Waals surface area contributed by atoms with E-state index in [0.717, 1.165) is 49.8 Å². The van der Waals surface area contributed by atoms with Crippen molar-refractivity contribution in [2.24, 2.45) is 29.6 Å². The van der Waals surface area contributed by atoms with Crippen LogP contribution in [0.2, 0.25) is 0 Å². The number of hydrogen-bond donors (Lipinski definition) is 2. The van der Waals surface area contributed by atoms with Gasteiger partial charge in [-0.25, -0.2) is 4.98 Å². The molecule has 144 valence electrons. The van der Waals surface area contributed by atoms with Gasteiger partial charge in [-0.1, -0.05) is 0 Å². The first-order valence-corrected chi connectivity index (χ1v) is 10.7. The Morgan fingerprint density at radius 2 is 1.63 bits per heavy atom. The molecule has 2 atom stereocenters. The van der Waals surface area contributed by atoms with E-state index in [2.05, 4.69) is 15.3 Å². The number of nitrogens with one attached hydrogen (secondary N) is 2. The summed E-state index contributed by atoms with van der Waals surface area (Å²) in [6.45, 7) is 3.47. The van der Waals surface area contributed by atoms with Gasteiger partial charge in [-0.2, -0.15) is 0 Å². The van der Waals surface area contributed by atoms with Crippen LogP contribution in [0.5, 0.6) is 0 Å². The van der Waals surface area contributed by atoms with Crippen LogP contribution >= 0.6 is 0 Å². The van der Waals surface area contributed by atoms with Crippen LogP contribution in [0.25, 0.3) is 0 Å². The zero-order chi connectivity index (χ0) is 18.2. The van der Waals surface area contributed by atoms with E-state index in [1.807, 2.05) is 4.90 Å². The maximum absolute atomic E-state index is 12.9. The first-order valence-electron chi connectivity index (χ1n) is 10.7. The van der Waals surface area contributed by atoms with E-state index in [-0.39, 0.29) is 22.4 Å². The van der Waals surface area contributed by atoms with Gasteiger partial charge in [0.25, 0.3) is 11.5 Å². The lowest BCUT2D eigenvalue weighted by Crippen LogP contribution is -2.50. The Morgan fingerprint density at radius 1 is 1.04 bits per heavy atom. The molecule has 6 fully saturated rings. The summed E-state index contributed by atoms with van der Waals surface area (Å²) < 4.78 is 0. The van der Waals surface area contributed by atoms with E-state index in [1.54, 1.807) is 6.20 Å². The molecule has 0 aromatic carbocycles. The number of amides is 1. The van der Waals surface area contributed by atoms with E-state index in [4.69, 9.17) is 0 Å². The maximum atomic E-state index is 12.9. The van der Waals surface area contributed by atoms with E-state index in [0.29, 0.717) is 11.8 Å². The van der Waals surface area contributed by atoms with E-state index >= 15 is 0 Å². The predicted octanol–water partition coefficient (Wildman–Crippen LogP) is 1.53. The normalized spacial score (nSPS) is 41.9. The van der Waals surface area contributed by atoms with Gasteiger partial charge >= 0.3 is 0 Å². The molecular weight excluding hydrogens is 340 g/mol. The third kappa shape index (κ3) is 2.45. The standard InChI is InChI=1S/C21H28N4O2/c26-18-17(19(27)25-10-15-7-22-8-16(15)11-25)9-23-20(24-18)21-4-12-1-13(5-21)3-14(2-12)6-21/h9,12-16,22H,1-8,10-11H2,(H,23,24,26)/t12?,13?,14?,15-,16+,21?. The lowest BCUT2D eigenvalue weighted by molar-refractivity contribution is -0.00954. The monoisotopic (exact) mass is 368 g/mol. The van der Waals surface area contributed by atoms with Crippen LogP contribution in [-0.4, -0.2) is 47.0 Å². The van der Waals surface area contributed by atoms with Crippen molar-refractivity contribution < 1.29 is 4.79 Å². The van der Waals surface area contributed by atoms with Crippen molar-refractivity contribution in [2.45, 2.75) is 43.9 Å². The van der Waals surface area contributed by atoms with Crippen molar-refractivity contribution in [3.63, 3.8) is 0 Å². The molecule has 7 rings (SSSR count). The van der Waals surface area contributed by atoms with E-state index < -0.39 is 0 Å². The highest BCUT2D eigenvalue weighted by molar-refractivity contribution is 5.93. The number of aromatic nitrogens is 2. The summed E-state index contributed by atoms with van der Waals surface area (Å²) in [5.41, 5.74) is 0.0404. The second kappa shape index (κ2) is 5.66. The Labute approximate surface area is 159 Å². The van der Waals surface area contributed by atoms with E-state index in [1.165, 1.54) is 38.5 Å². The second-order valence-electron chi connectivity index (χ2n) is 10.1. The number of carbonyl (C=O) groups excluding carboxylic acids is 1. The summed E-state index contributed by atoms with van der Waals surface area (Å²) in [6, 6.07) is 0. The fourth-order valence-electron chi connectivity index (χ4n) is 7.41. The molecular formula is C21H28N4O2. The van der Waals surface area contributed by atoms with Gasteiger partial charge in [-0.3, -0.25) is 9.59 Å². The summed E-state index contributed by atoms with van der Waals surface area (Å²) in [7, 11) is 0. The lowest BCUT2D eigenvalue weighted by atomic mass is 9.49. The molecule has 6 nitrogen and oxygen atoms in total. The van der Waals surface area contributed by atoms with Gasteiger partial charge in [-0.15, -0.1) is 0 Å². The quantitative estimate of drug-likeness (QED) is 0.830. The molecule has 2 aliphatic heterocycles. The van der Waals surface area contributed by atoms with Gasteiger partial charge in [0.2, 0.25) is 0 Å². The van der Waals surface area contributed by atoms with Crippen LogP contribution in [0.15, 0.2) is 11.0 Å². The van der Waals surface area contributed by atoms with Crippen molar-refractivity contribution in [1.82, 2.24) is 20.2 Å². The van der Waals surface area contributed by atoms with Crippen LogP contribution < -0.4 is 10.9 Å². The molecule has 1 amide bonds. The van der Waals surface area contributed by atoms with Gasteiger partial charge in [0.05, 0.1) is 0 Å².